The molecule has 2 heteroatoms. The number of ketones is 2. The van der Waals surface area contributed by atoms with Gasteiger partial charge in [-0.15, -0.1) is 0 Å². The molecule has 2 nitrogen and oxygen atoms in total. The van der Waals surface area contributed by atoms with E-state index in [0.29, 0.717) is 12.0 Å². The molecular weight excluding hydrogens is 140 g/mol. The lowest BCUT2D eigenvalue weighted by Crippen LogP contribution is -2.03. The second-order valence-electron chi connectivity index (χ2n) is 2.59. The molecule has 0 unspecified atom stereocenters. The molecule has 0 N–H and O–H groups in total. The molecule has 2 aliphatic rings. The lowest BCUT2D eigenvalue weighted by Gasteiger charge is -2.03. The van der Waals surface area contributed by atoms with Crippen molar-refractivity contribution in [2.24, 2.45) is 0 Å². The summed E-state index contributed by atoms with van der Waals surface area (Å²) in [5.74, 6) is 0.0897. The van der Waals surface area contributed by atoms with Crippen molar-refractivity contribution in [2.75, 3.05) is 0 Å². The van der Waals surface area contributed by atoms with Crippen LogP contribution in [0.15, 0.2) is 35.5 Å². The van der Waals surface area contributed by atoms with Crippen molar-refractivity contribution in [3.63, 3.8) is 0 Å². The van der Waals surface area contributed by atoms with Gasteiger partial charge in [0.2, 0.25) is 0 Å². The molecule has 2 aliphatic carbocycles. The molecular formula is C9H6O2. The Balaban J connectivity index is 2.49. The molecule has 0 saturated heterocycles. The maximum Gasteiger partial charge on any atom is 0.186 e. The minimum atomic E-state index is 0.0174. The zero-order valence-electron chi connectivity index (χ0n) is 5.83. The first-order chi connectivity index (χ1) is 5.27. The second-order valence-corrected chi connectivity index (χ2v) is 2.59. The van der Waals surface area contributed by atoms with E-state index in [1.165, 1.54) is 12.2 Å². The highest BCUT2D eigenvalue weighted by Gasteiger charge is 2.20. The Morgan fingerprint density at radius 2 is 2.00 bits per heavy atom. The molecule has 0 aliphatic heterocycles. The van der Waals surface area contributed by atoms with Gasteiger partial charge in [0.05, 0.1) is 0 Å². The van der Waals surface area contributed by atoms with Crippen LogP contribution in [0.1, 0.15) is 6.42 Å². The lowest BCUT2D eigenvalue weighted by molar-refractivity contribution is -0.113. The van der Waals surface area contributed by atoms with Gasteiger partial charge in [-0.1, -0.05) is 12.2 Å². The van der Waals surface area contributed by atoms with E-state index in [1.54, 1.807) is 12.2 Å². The van der Waals surface area contributed by atoms with Gasteiger partial charge in [0.25, 0.3) is 0 Å². The first-order valence-corrected chi connectivity index (χ1v) is 3.45. The third-order valence-corrected chi connectivity index (χ3v) is 1.81. The van der Waals surface area contributed by atoms with Crippen LogP contribution in [0.5, 0.6) is 0 Å². The van der Waals surface area contributed by atoms with Crippen LogP contribution in [0.3, 0.4) is 0 Å². The molecule has 0 atom stereocenters. The summed E-state index contributed by atoms with van der Waals surface area (Å²) < 4.78 is 0. The smallest absolute Gasteiger partial charge is 0.186 e. The summed E-state index contributed by atoms with van der Waals surface area (Å²) in [6.45, 7) is 0. The topological polar surface area (TPSA) is 34.1 Å². The molecule has 0 amide bonds. The van der Waals surface area contributed by atoms with Gasteiger partial charge in [0, 0.05) is 12.0 Å². The van der Waals surface area contributed by atoms with Gasteiger partial charge < -0.3 is 0 Å². The first kappa shape index (κ1) is 6.28. The number of hydrogen-bond donors (Lipinski definition) is 0. The van der Waals surface area contributed by atoms with E-state index in [4.69, 9.17) is 0 Å². The fourth-order valence-corrected chi connectivity index (χ4v) is 1.27. The van der Waals surface area contributed by atoms with Crippen molar-refractivity contribution in [3.8, 4) is 0 Å². The monoisotopic (exact) mass is 146 g/mol. The van der Waals surface area contributed by atoms with Crippen molar-refractivity contribution in [2.45, 2.75) is 6.42 Å². The number of fused-ring (bicyclic) bond motifs is 1. The summed E-state index contributed by atoms with van der Waals surface area (Å²) in [5.41, 5.74) is 1.45. The summed E-state index contributed by atoms with van der Waals surface area (Å²) in [6.07, 6.45) is 6.77. The van der Waals surface area contributed by atoms with E-state index >= 15 is 0 Å². The zero-order valence-corrected chi connectivity index (χ0v) is 5.83. The van der Waals surface area contributed by atoms with Crippen molar-refractivity contribution in [1.29, 1.82) is 0 Å². The summed E-state index contributed by atoms with van der Waals surface area (Å²) in [7, 11) is 0. The highest BCUT2D eigenvalue weighted by atomic mass is 16.1. The Labute approximate surface area is 63.9 Å². The van der Waals surface area contributed by atoms with Crippen LogP contribution in [0.2, 0.25) is 0 Å². The fourth-order valence-electron chi connectivity index (χ4n) is 1.27. The summed E-state index contributed by atoms with van der Waals surface area (Å²) in [4.78, 5) is 21.9. The normalized spacial score (nSPS) is 21.5. The van der Waals surface area contributed by atoms with Gasteiger partial charge in [-0.05, 0) is 17.7 Å². The molecule has 0 radical (unpaired) electrons. The largest absolute Gasteiger partial charge is 0.294 e. The number of rotatable bonds is 0. The highest BCUT2D eigenvalue weighted by molar-refractivity contribution is 6.15. The zero-order chi connectivity index (χ0) is 7.84. The van der Waals surface area contributed by atoms with Crippen LogP contribution in [0.4, 0.5) is 0 Å². The maximum atomic E-state index is 11.0. The van der Waals surface area contributed by atoms with E-state index in [-0.39, 0.29) is 11.6 Å². The van der Waals surface area contributed by atoms with Crippen molar-refractivity contribution < 1.29 is 9.59 Å². The Morgan fingerprint density at radius 1 is 1.18 bits per heavy atom. The molecule has 0 fully saturated rings. The highest BCUT2D eigenvalue weighted by Crippen LogP contribution is 2.24. The molecule has 54 valence electrons. The number of carbonyl (C=O) groups is 2. The minimum Gasteiger partial charge on any atom is -0.294 e. The van der Waals surface area contributed by atoms with Gasteiger partial charge in [0.1, 0.15) is 0 Å². The fraction of sp³-hybridized carbons (Fsp3) is 0.111. The molecule has 0 spiro atoms. The molecule has 0 bridgehead atoms. The molecule has 0 heterocycles. The molecule has 0 aromatic heterocycles. The molecule has 0 aromatic rings. The van der Waals surface area contributed by atoms with Gasteiger partial charge in [0.15, 0.2) is 11.6 Å². The summed E-state index contributed by atoms with van der Waals surface area (Å²) in [6, 6.07) is 0. The predicted octanol–water partition coefficient (Wildman–Crippen LogP) is 0.951. The van der Waals surface area contributed by atoms with Gasteiger partial charge in [-0.2, -0.15) is 0 Å². The molecule has 11 heavy (non-hydrogen) atoms. The average Bonchev–Trinajstić information content (AvgIpc) is 2.32. The summed E-state index contributed by atoms with van der Waals surface area (Å²) >= 11 is 0. The van der Waals surface area contributed by atoms with Crippen molar-refractivity contribution in [1.82, 2.24) is 0 Å². The van der Waals surface area contributed by atoms with Gasteiger partial charge in [-0.3, -0.25) is 9.59 Å². The summed E-state index contributed by atoms with van der Waals surface area (Å²) in [5, 5.41) is 0. The van der Waals surface area contributed by atoms with Crippen LogP contribution in [0, 0.1) is 0 Å². The average molecular weight is 146 g/mol. The Morgan fingerprint density at radius 3 is 2.82 bits per heavy atom. The van der Waals surface area contributed by atoms with E-state index in [0.717, 1.165) is 5.57 Å². The number of hydrogen-bond acceptors (Lipinski definition) is 2. The van der Waals surface area contributed by atoms with Crippen LogP contribution in [-0.4, -0.2) is 11.6 Å². The first-order valence-electron chi connectivity index (χ1n) is 3.45. The standard InChI is InChI=1S/C9H6O2/c10-7-2-3-8-6(5-7)1-4-9(8)11/h1,3-5H,2H2. The van der Waals surface area contributed by atoms with Crippen LogP contribution in [0.25, 0.3) is 0 Å². The Bertz CT molecular complexity index is 329. The predicted molar refractivity (Wildman–Crippen MR) is 39.9 cm³/mol. The Hall–Kier alpha value is -1.44. The third-order valence-electron chi connectivity index (χ3n) is 1.81. The lowest BCUT2D eigenvalue weighted by atomic mass is 9.99. The number of allylic oxidation sites excluding steroid dienone is 6. The van der Waals surface area contributed by atoms with Gasteiger partial charge in [-0.25, -0.2) is 0 Å². The maximum absolute atomic E-state index is 11.0. The van der Waals surface area contributed by atoms with Crippen molar-refractivity contribution in [3.05, 3.63) is 35.5 Å². The van der Waals surface area contributed by atoms with E-state index in [1.807, 2.05) is 0 Å². The van der Waals surface area contributed by atoms with Crippen molar-refractivity contribution >= 4 is 11.6 Å². The second kappa shape index (κ2) is 2.02. The third kappa shape index (κ3) is 0.871. The quantitative estimate of drug-likeness (QED) is 0.510. The molecule has 0 saturated carbocycles. The van der Waals surface area contributed by atoms with Crippen LogP contribution in [-0.2, 0) is 9.59 Å². The number of carbonyl (C=O) groups excluding carboxylic acids is 2. The van der Waals surface area contributed by atoms with Crippen LogP contribution >= 0.6 is 0 Å². The Kier molecular flexibility index (Phi) is 1.15. The van der Waals surface area contributed by atoms with E-state index in [9.17, 15) is 9.59 Å². The van der Waals surface area contributed by atoms with E-state index in [2.05, 4.69) is 0 Å². The molecule has 0 aromatic carbocycles. The van der Waals surface area contributed by atoms with E-state index < -0.39 is 0 Å². The SMILES string of the molecule is O=C1C=C2C=CC(=O)C2=CC1. The minimum absolute atomic E-state index is 0.0174. The molecule has 2 rings (SSSR count). The van der Waals surface area contributed by atoms with Crippen LogP contribution < -0.4 is 0 Å². The van der Waals surface area contributed by atoms with Gasteiger partial charge >= 0.3 is 0 Å².